The van der Waals surface area contributed by atoms with Crippen molar-refractivity contribution >= 4 is 35.1 Å². The molecule has 3 N–H and O–H groups in total. The Balaban J connectivity index is 2.80. The molecule has 1 atom stereocenters. The number of aliphatic carboxylic acids is 1. The van der Waals surface area contributed by atoms with Crippen LogP contribution in [0.4, 0.5) is 0 Å². The first kappa shape index (κ1) is 14.7. The van der Waals surface area contributed by atoms with Crippen LogP contribution in [0.1, 0.15) is 16.8 Å². The highest BCUT2D eigenvalue weighted by Gasteiger charge is 2.20. The van der Waals surface area contributed by atoms with Gasteiger partial charge in [0.1, 0.15) is 11.2 Å². The van der Waals surface area contributed by atoms with E-state index in [1.807, 2.05) is 0 Å². The van der Waals surface area contributed by atoms with Gasteiger partial charge in [-0.1, -0.05) is 23.2 Å². The number of aromatic nitrogens is 1. The lowest BCUT2D eigenvalue weighted by molar-refractivity contribution is -0.139. The van der Waals surface area contributed by atoms with Crippen LogP contribution < -0.4 is 5.32 Å². The summed E-state index contributed by atoms with van der Waals surface area (Å²) in [6, 6.07) is 0.112. The van der Waals surface area contributed by atoms with Gasteiger partial charge in [-0.05, 0) is 6.07 Å². The highest BCUT2D eigenvalue weighted by atomic mass is 35.5. The van der Waals surface area contributed by atoms with Crippen LogP contribution in [-0.4, -0.2) is 39.7 Å². The van der Waals surface area contributed by atoms with E-state index in [9.17, 15) is 9.59 Å². The Labute approximate surface area is 113 Å². The molecule has 0 saturated heterocycles. The van der Waals surface area contributed by atoms with Crippen LogP contribution in [0.3, 0.4) is 0 Å². The molecule has 1 amide bonds. The number of carboxylic acid groups (broad SMARTS) is 1. The zero-order valence-electron chi connectivity index (χ0n) is 9.06. The molecule has 0 aliphatic carbocycles. The lowest BCUT2D eigenvalue weighted by Gasteiger charge is -2.13. The number of carboxylic acids is 1. The van der Waals surface area contributed by atoms with E-state index in [4.69, 9.17) is 33.4 Å². The van der Waals surface area contributed by atoms with Gasteiger partial charge in [-0.25, -0.2) is 9.78 Å². The predicted octanol–water partition coefficient (Wildman–Crippen LogP) is 0.954. The van der Waals surface area contributed by atoms with Gasteiger partial charge in [0.15, 0.2) is 0 Å². The standard InChI is InChI=1S/C10H10Cl2N2O4/c11-6-3-5(4-13-8(6)12)9(16)14-7(1-2-15)10(17)18/h3-4,7,15H,1-2H2,(H,14,16)(H,17,18)/t7-/m1/s1. The van der Waals surface area contributed by atoms with Gasteiger partial charge in [-0.15, -0.1) is 0 Å². The topological polar surface area (TPSA) is 99.5 Å². The Kier molecular flexibility index (Phi) is 5.33. The summed E-state index contributed by atoms with van der Waals surface area (Å²) < 4.78 is 0. The van der Waals surface area contributed by atoms with Crippen molar-refractivity contribution < 1.29 is 19.8 Å². The maximum atomic E-state index is 11.7. The normalized spacial score (nSPS) is 11.9. The van der Waals surface area contributed by atoms with Crippen molar-refractivity contribution in [1.82, 2.24) is 10.3 Å². The van der Waals surface area contributed by atoms with Crippen molar-refractivity contribution in [3.05, 3.63) is 28.0 Å². The largest absolute Gasteiger partial charge is 0.480 e. The van der Waals surface area contributed by atoms with E-state index >= 15 is 0 Å². The summed E-state index contributed by atoms with van der Waals surface area (Å²) in [5.74, 6) is -1.88. The summed E-state index contributed by atoms with van der Waals surface area (Å²) in [4.78, 5) is 26.2. The number of nitrogens with one attached hydrogen (secondary N) is 1. The third-order valence-corrected chi connectivity index (χ3v) is 2.77. The van der Waals surface area contributed by atoms with Crippen LogP contribution in [-0.2, 0) is 4.79 Å². The summed E-state index contributed by atoms with van der Waals surface area (Å²) in [5, 5.41) is 19.9. The number of hydrogen-bond donors (Lipinski definition) is 3. The van der Waals surface area contributed by atoms with Crippen LogP contribution in [0.2, 0.25) is 10.2 Å². The van der Waals surface area contributed by atoms with Crippen LogP contribution in [0, 0.1) is 0 Å². The van der Waals surface area contributed by atoms with Crippen molar-refractivity contribution in [3.8, 4) is 0 Å². The van der Waals surface area contributed by atoms with Crippen molar-refractivity contribution in [3.63, 3.8) is 0 Å². The fourth-order valence-electron chi connectivity index (χ4n) is 1.17. The minimum Gasteiger partial charge on any atom is -0.480 e. The number of carbonyl (C=O) groups is 2. The second-order valence-electron chi connectivity index (χ2n) is 3.37. The minimum atomic E-state index is -1.23. The second-order valence-corrected chi connectivity index (χ2v) is 4.14. The smallest absolute Gasteiger partial charge is 0.326 e. The second kappa shape index (κ2) is 6.53. The third-order valence-electron chi connectivity index (χ3n) is 2.08. The van der Waals surface area contributed by atoms with Crippen molar-refractivity contribution in [2.75, 3.05) is 6.61 Å². The quantitative estimate of drug-likeness (QED) is 0.702. The van der Waals surface area contributed by atoms with Crippen molar-refractivity contribution in [2.45, 2.75) is 12.5 Å². The molecule has 0 bridgehead atoms. The van der Waals surface area contributed by atoms with Gasteiger partial charge >= 0.3 is 5.97 Å². The predicted molar refractivity (Wildman–Crippen MR) is 64.8 cm³/mol. The highest BCUT2D eigenvalue weighted by molar-refractivity contribution is 6.41. The number of hydrogen-bond acceptors (Lipinski definition) is 4. The molecule has 0 saturated carbocycles. The van der Waals surface area contributed by atoms with Crippen LogP contribution in [0.5, 0.6) is 0 Å². The van der Waals surface area contributed by atoms with E-state index in [0.29, 0.717) is 0 Å². The number of aliphatic hydroxyl groups excluding tert-OH is 1. The van der Waals surface area contributed by atoms with Gasteiger partial charge < -0.3 is 15.5 Å². The summed E-state index contributed by atoms with van der Waals surface area (Å²) >= 11 is 11.3. The van der Waals surface area contributed by atoms with Crippen molar-refractivity contribution in [1.29, 1.82) is 0 Å². The maximum absolute atomic E-state index is 11.7. The Morgan fingerprint density at radius 2 is 2.11 bits per heavy atom. The summed E-state index contributed by atoms with van der Waals surface area (Å²) in [5.41, 5.74) is 0.0913. The molecule has 18 heavy (non-hydrogen) atoms. The average molecular weight is 293 g/mol. The number of nitrogens with zero attached hydrogens (tertiary/aromatic N) is 1. The molecule has 1 rings (SSSR count). The van der Waals surface area contributed by atoms with E-state index in [1.54, 1.807) is 0 Å². The van der Waals surface area contributed by atoms with Crippen LogP contribution in [0.25, 0.3) is 0 Å². The Hall–Kier alpha value is -1.37. The molecule has 0 aliphatic rings. The fourth-order valence-corrected chi connectivity index (χ4v) is 1.44. The number of carbonyl (C=O) groups excluding carboxylic acids is 1. The minimum absolute atomic E-state index is 0.0540. The van der Waals surface area contributed by atoms with Gasteiger partial charge in [-0.2, -0.15) is 0 Å². The van der Waals surface area contributed by atoms with Crippen LogP contribution in [0.15, 0.2) is 12.3 Å². The molecule has 1 heterocycles. The molecule has 1 aromatic rings. The molecule has 6 nitrogen and oxygen atoms in total. The highest BCUT2D eigenvalue weighted by Crippen LogP contribution is 2.19. The Bertz CT molecular complexity index is 467. The monoisotopic (exact) mass is 292 g/mol. The summed E-state index contributed by atoms with van der Waals surface area (Å²) in [6.45, 7) is -0.350. The van der Waals surface area contributed by atoms with Gasteiger partial charge in [0, 0.05) is 19.2 Å². The van der Waals surface area contributed by atoms with Gasteiger partial charge in [0.25, 0.3) is 5.91 Å². The number of aliphatic hydroxyl groups is 1. The SMILES string of the molecule is O=C(N[C@H](CCO)C(=O)O)c1cnc(Cl)c(Cl)c1. The van der Waals surface area contributed by atoms with E-state index < -0.39 is 17.9 Å². The maximum Gasteiger partial charge on any atom is 0.326 e. The van der Waals surface area contributed by atoms with Crippen molar-refractivity contribution in [2.24, 2.45) is 0 Å². The molecular weight excluding hydrogens is 283 g/mol. The first-order chi connectivity index (χ1) is 8.45. The summed E-state index contributed by atoms with van der Waals surface area (Å²) in [7, 11) is 0. The molecule has 0 fully saturated rings. The molecule has 8 heteroatoms. The van der Waals surface area contributed by atoms with E-state index in [0.717, 1.165) is 0 Å². The molecule has 98 valence electrons. The number of amides is 1. The third kappa shape index (κ3) is 3.83. The lowest BCUT2D eigenvalue weighted by atomic mass is 10.2. The first-order valence-electron chi connectivity index (χ1n) is 4.91. The molecular formula is C10H10Cl2N2O4. The number of halogens is 2. The number of rotatable bonds is 5. The number of pyridine rings is 1. The Morgan fingerprint density at radius 1 is 1.44 bits per heavy atom. The van der Waals surface area contributed by atoms with Gasteiger partial charge in [-0.3, -0.25) is 4.79 Å². The molecule has 0 unspecified atom stereocenters. The fraction of sp³-hybridized carbons (Fsp3) is 0.300. The van der Waals surface area contributed by atoms with E-state index in [-0.39, 0.29) is 28.8 Å². The average Bonchev–Trinajstić information content (AvgIpc) is 2.31. The van der Waals surface area contributed by atoms with E-state index in [1.165, 1.54) is 12.3 Å². The zero-order chi connectivity index (χ0) is 13.7. The molecule has 1 aromatic heterocycles. The van der Waals surface area contributed by atoms with Gasteiger partial charge in [0.05, 0.1) is 10.6 Å². The van der Waals surface area contributed by atoms with Gasteiger partial charge in [0.2, 0.25) is 0 Å². The Morgan fingerprint density at radius 3 is 2.61 bits per heavy atom. The molecule has 0 aliphatic heterocycles. The zero-order valence-corrected chi connectivity index (χ0v) is 10.6. The lowest BCUT2D eigenvalue weighted by Crippen LogP contribution is -2.41. The molecule has 0 spiro atoms. The molecule has 0 radical (unpaired) electrons. The first-order valence-corrected chi connectivity index (χ1v) is 5.67. The summed E-state index contributed by atoms with van der Waals surface area (Å²) in [6.07, 6.45) is 1.09. The molecule has 0 aromatic carbocycles. The van der Waals surface area contributed by atoms with E-state index in [2.05, 4.69) is 10.3 Å². The van der Waals surface area contributed by atoms with Crippen LogP contribution >= 0.6 is 23.2 Å².